The smallest absolute Gasteiger partial charge is 0.270 e. The molecule has 0 heterocycles. The Hall–Kier alpha value is -1.13. The van der Waals surface area contributed by atoms with Gasteiger partial charge in [0.05, 0.1) is 9.95 Å². The van der Waals surface area contributed by atoms with Crippen LogP contribution >= 0.6 is 11.6 Å². The van der Waals surface area contributed by atoms with E-state index in [1.54, 1.807) is 6.07 Å². The summed E-state index contributed by atoms with van der Waals surface area (Å²) in [7, 11) is 0. The molecule has 0 radical (unpaired) electrons. The van der Waals surface area contributed by atoms with E-state index in [0.717, 1.165) is 11.5 Å². The lowest BCUT2D eigenvalue weighted by Gasteiger charge is -2.20. The minimum Gasteiger partial charge on any atom is -0.310 e. The van der Waals surface area contributed by atoms with Crippen LogP contribution in [0.3, 0.4) is 0 Å². The van der Waals surface area contributed by atoms with E-state index in [-0.39, 0.29) is 5.69 Å². The molecule has 0 saturated heterocycles. The monoisotopic (exact) mass is 282 g/mol. The highest BCUT2D eigenvalue weighted by Gasteiger charge is 2.21. The molecule has 104 valence electrons. The van der Waals surface area contributed by atoms with Gasteiger partial charge >= 0.3 is 0 Å². The maximum atomic E-state index is 10.6. The molecule has 1 aliphatic carbocycles. The van der Waals surface area contributed by atoms with Gasteiger partial charge in [-0.3, -0.25) is 10.1 Å². The Morgan fingerprint density at radius 3 is 2.74 bits per heavy atom. The van der Waals surface area contributed by atoms with Crippen LogP contribution in [-0.4, -0.2) is 11.0 Å². The summed E-state index contributed by atoms with van der Waals surface area (Å²) in [5.74, 6) is 0.747. The van der Waals surface area contributed by atoms with Gasteiger partial charge in [0.2, 0.25) is 0 Å². The standard InChI is InChI=1S/C14H19ClN2O2/c1-10(11-4-2-3-5-11)16-9-12-6-7-13(17(18)19)8-14(12)15/h6-8,10-11,16H,2-5,9H2,1H3/t10-/m1/s1. The first-order valence-electron chi connectivity index (χ1n) is 6.74. The van der Waals surface area contributed by atoms with Gasteiger partial charge < -0.3 is 5.32 Å². The van der Waals surface area contributed by atoms with Gasteiger partial charge in [0.15, 0.2) is 0 Å². The number of rotatable bonds is 5. The van der Waals surface area contributed by atoms with Crippen LogP contribution in [0.4, 0.5) is 5.69 Å². The highest BCUT2D eigenvalue weighted by atomic mass is 35.5. The van der Waals surface area contributed by atoms with Crippen molar-refractivity contribution in [2.24, 2.45) is 5.92 Å². The van der Waals surface area contributed by atoms with Crippen LogP contribution in [0.2, 0.25) is 5.02 Å². The molecule has 0 aromatic heterocycles. The summed E-state index contributed by atoms with van der Waals surface area (Å²) in [6.45, 7) is 2.86. The van der Waals surface area contributed by atoms with Crippen molar-refractivity contribution in [3.8, 4) is 0 Å². The Bertz CT molecular complexity index is 459. The number of nitro groups is 1. The third-order valence-corrected chi connectivity index (χ3v) is 4.32. The fourth-order valence-electron chi connectivity index (χ4n) is 2.69. The molecule has 2 rings (SSSR count). The number of hydrogen-bond acceptors (Lipinski definition) is 3. The molecule has 1 atom stereocenters. The Kier molecular flexibility index (Phi) is 4.77. The molecule has 0 bridgehead atoms. The van der Waals surface area contributed by atoms with Gasteiger partial charge in [-0.25, -0.2) is 0 Å². The summed E-state index contributed by atoms with van der Waals surface area (Å²) in [5, 5.41) is 14.6. The first-order chi connectivity index (χ1) is 9.08. The summed E-state index contributed by atoms with van der Waals surface area (Å²) >= 11 is 6.07. The molecule has 1 N–H and O–H groups in total. The molecule has 1 fully saturated rings. The highest BCUT2D eigenvalue weighted by Crippen LogP contribution is 2.28. The van der Waals surface area contributed by atoms with E-state index < -0.39 is 4.92 Å². The van der Waals surface area contributed by atoms with Crippen molar-refractivity contribution >= 4 is 17.3 Å². The van der Waals surface area contributed by atoms with Crippen LogP contribution in [0, 0.1) is 16.0 Å². The predicted octanol–water partition coefficient (Wildman–Crippen LogP) is 3.92. The summed E-state index contributed by atoms with van der Waals surface area (Å²) in [6, 6.07) is 5.12. The van der Waals surface area contributed by atoms with E-state index in [9.17, 15) is 10.1 Å². The molecule has 1 aromatic carbocycles. The highest BCUT2D eigenvalue weighted by molar-refractivity contribution is 6.31. The molecule has 0 unspecified atom stereocenters. The summed E-state index contributed by atoms with van der Waals surface area (Å²) < 4.78 is 0. The molecular formula is C14H19ClN2O2. The quantitative estimate of drug-likeness (QED) is 0.658. The average molecular weight is 283 g/mol. The topological polar surface area (TPSA) is 55.2 Å². The van der Waals surface area contributed by atoms with Gasteiger partial charge in [-0.15, -0.1) is 0 Å². The third-order valence-electron chi connectivity index (χ3n) is 3.97. The van der Waals surface area contributed by atoms with Crippen LogP contribution in [0.15, 0.2) is 18.2 Å². The zero-order valence-electron chi connectivity index (χ0n) is 11.1. The number of nitrogens with zero attached hydrogens (tertiary/aromatic N) is 1. The van der Waals surface area contributed by atoms with Crippen molar-refractivity contribution in [2.45, 2.75) is 45.2 Å². The largest absolute Gasteiger partial charge is 0.310 e. The van der Waals surface area contributed by atoms with Crippen molar-refractivity contribution in [2.75, 3.05) is 0 Å². The van der Waals surface area contributed by atoms with E-state index in [4.69, 9.17) is 11.6 Å². The van der Waals surface area contributed by atoms with Crippen LogP contribution in [0.1, 0.15) is 38.2 Å². The summed E-state index contributed by atoms with van der Waals surface area (Å²) in [4.78, 5) is 10.2. The summed E-state index contributed by atoms with van der Waals surface area (Å²) in [5.41, 5.74) is 0.953. The van der Waals surface area contributed by atoms with Crippen molar-refractivity contribution < 1.29 is 4.92 Å². The van der Waals surface area contributed by atoms with E-state index in [2.05, 4.69) is 12.2 Å². The number of nitrogens with one attached hydrogen (secondary N) is 1. The number of halogens is 1. The second-order valence-electron chi connectivity index (χ2n) is 5.25. The molecule has 5 heteroatoms. The van der Waals surface area contributed by atoms with E-state index in [1.165, 1.54) is 37.8 Å². The lowest BCUT2D eigenvalue weighted by molar-refractivity contribution is -0.384. The Morgan fingerprint density at radius 2 is 2.16 bits per heavy atom. The van der Waals surface area contributed by atoms with Crippen LogP contribution in [0.25, 0.3) is 0 Å². The third kappa shape index (κ3) is 3.67. The van der Waals surface area contributed by atoms with Gasteiger partial charge in [-0.2, -0.15) is 0 Å². The Balaban J connectivity index is 1.93. The van der Waals surface area contributed by atoms with Gasteiger partial charge in [-0.05, 0) is 37.3 Å². The second-order valence-corrected chi connectivity index (χ2v) is 5.65. The molecule has 4 nitrogen and oxygen atoms in total. The molecule has 1 aliphatic rings. The van der Waals surface area contributed by atoms with Crippen molar-refractivity contribution in [1.29, 1.82) is 0 Å². The number of non-ortho nitro benzene ring substituents is 1. The molecule has 0 spiro atoms. The minimum absolute atomic E-state index is 0.0394. The first-order valence-corrected chi connectivity index (χ1v) is 7.12. The zero-order valence-corrected chi connectivity index (χ0v) is 11.8. The number of hydrogen-bond donors (Lipinski definition) is 1. The van der Waals surface area contributed by atoms with Crippen LogP contribution < -0.4 is 5.32 Å². The average Bonchev–Trinajstić information content (AvgIpc) is 2.90. The van der Waals surface area contributed by atoms with Gasteiger partial charge in [0.1, 0.15) is 0 Å². The minimum atomic E-state index is -0.426. The van der Waals surface area contributed by atoms with Crippen molar-refractivity contribution in [3.05, 3.63) is 38.9 Å². The van der Waals surface area contributed by atoms with Gasteiger partial charge in [0, 0.05) is 24.7 Å². The van der Waals surface area contributed by atoms with E-state index >= 15 is 0 Å². The molecule has 0 aliphatic heterocycles. The normalized spacial score (nSPS) is 17.6. The SMILES string of the molecule is C[C@@H](NCc1ccc([N+](=O)[O-])cc1Cl)C1CCCC1. The summed E-state index contributed by atoms with van der Waals surface area (Å²) in [6.07, 6.45) is 5.24. The van der Waals surface area contributed by atoms with Crippen LogP contribution in [0.5, 0.6) is 0 Å². The van der Waals surface area contributed by atoms with Gasteiger partial charge in [-0.1, -0.05) is 24.4 Å². The van der Waals surface area contributed by atoms with Crippen molar-refractivity contribution in [3.63, 3.8) is 0 Å². The Morgan fingerprint density at radius 1 is 1.47 bits per heavy atom. The van der Waals surface area contributed by atoms with Crippen molar-refractivity contribution in [1.82, 2.24) is 5.32 Å². The van der Waals surface area contributed by atoms with E-state index in [1.807, 2.05) is 0 Å². The molecular weight excluding hydrogens is 264 g/mol. The number of nitro benzene ring substituents is 1. The molecule has 1 saturated carbocycles. The fourth-order valence-corrected chi connectivity index (χ4v) is 2.93. The Labute approximate surface area is 118 Å². The molecule has 0 amide bonds. The second kappa shape index (κ2) is 6.35. The van der Waals surface area contributed by atoms with Gasteiger partial charge in [0.25, 0.3) is 5.69 Å². The maximum Gasteiger partial charge on any atom is 0.270 e. The lowest BCUT2D eigenvalue weighted by atomic mass is 9.99. The fraction of sp³-hybridized carbons (Fsp3) is 0.571. The molecule has 19 heavy (non-hydrogen) atoms. The maximum absolute atomic E-state index is 10.6. The number of benzene rings is 1. The zero-order chi connectivity index (χ0) is 13.8. The molecule has 1 aromatic rings. The first kappa shape index (κ1) is 14.3. The predicted molar refractivity (Wildman–Crippen MR) is 76.4 cm³/mol. The van der Waals surface area contributed by atoms with Crippen LogP contribution in [-0.2, 0) is 6.54 Å². The van der Waals surface area contributed by atoms with E-state index in [0.29, 0.717) is 17.6 Å². The lowest BCUT2D eigenvalue weighted by Crippen LogP contribution is -2.31.